The number of hydrogen-bond donors (Lipinski definition) is 2. The van der Waals surface area contributed by atoms with Gasteiger partial charge in [-0.25, -0.2) is 0 Å². The highest BCUT2D eigenvalue weighted by molar-refractivity contribution is 7.80. The van der Waals surface area contributed by atoms with Gasteiger partial charge in [0.25, 0.3) is 0 Å². The highest BCUT2D eigenvalue weighted by atomic mass is 35.5. The van der Waals surface area contributed by atoms with Crippen molar-refractivity contribution >= 4 is 40.5 Å². The van der Waals surface area contributed by atoms with E-state index in [-0.39, 0.29) is 16.9 Å². The number of benzene rings is 1. The Morgan fingerprint density at radius 2 is 2.11 bits per heavy atom. The summed E-state index contributed by atoms with van der Waals surface area (Å²) in [4.78, 5) is 11.5. The quantitative estimate of drug-likeness (QED) is 0.839. The third-order valence-electron chi connectivity index (χ3n) is 2.17. The molecule has 1 rings (SSSR count). The van der Waals surface area contributed by atoms with E-state index in [0.717, 1.165) is 0 Å². The second kappa shape index (κ2) is 6.56. The number of amides is 1. The lowest BCUT2D eigenvalue weighted by Crippen LogP contribution is -2.36. The van der Waals surface area contributed by atoms with E-state index in [0.29, 0.717) is 16.5 Å². The minimum absolute atomic E-state index is 0.133. The van der Waals surface area contributed by atoms with Crippen molar-refractivity contribution in [2.45, 2.75) is 13.8 Å². The molecule has 0 heterocycles. The van der Waals surface area contributed by atoms with E-state index in [2.05, 4.69) is 10.6 Å². The molecule has 98 valence electrons. The molecule has 0 saturated carbocycles. The van der Waals surface area contributed by atoms with Crippen LogP contribution in [0.2, 0.25) is 5.02 Å². The number of rotatable bonds is 3. The zero-order chi connectivity index (χ0) is 13.7. The summed E-state index contributed by atoms with van der Waals surface area (Å²) in [5, 5.41) is 6.23. The lowest BCUT2D eigenvalue weighted by atomic mass is 10.2. The highest BCUT2D eigenvalue weighted by Crippen LogP contribution is 2.27. The number of thiocarbonyl (C=S) groups is 1. The van der Waals surface area contributed by atoms with Gasteiger partial charge in [-0.1, -0.05) is 25.4 Å². The number of anilines is 1. The first kappa shape index (κ1) is 14.7. The van der Waals surface area contributed by atoms with Crippen LogP contribution in [0, 0.1) is 5.92 Å². The number of ether oxygens (including phenoxy) is 1. The molecule has 0 unspecified atom stereocenters. The van der Waals surface area contributed by atoms with Crippen molar-refractivity contribution in [2.24, 2.45) is 5.92 Å². The van der Waals surface area contributed by atoms with Crippen LogP contribution in [0.5, 0.6) is 5.75 Å². The van der Waals surface area contributed by atoms with E-state index in [1.165, 1.54) is 0 Å². The number of hydrogen-bond acceptors (Lipinski definition) is 3. The SMILES string of the molecule is COc1ccc(Cl)cc1NC(=S)NC(=O)C(C)C. The van der Waals surface area contributed by atoms with Gasteiger partial charge in [0.05, 0.1) is 12.8 Å². The molecule has 0 aliphatic carbocycles. The van der Waals surface area contributed by atoms with Gasteiger partial charge >= 0.3 is 0 Å². The molecule has 4 nitrogen and oxygen atoms in total. The van der Waals surface area contributed by atoms with Crippen LogP contribution in [0.15, 0.2) is 18.2 Å². The van der Waals surface area contributed by atoms with Gasteiger partial charge in [0, 0.05) is 10.9 Å². The fourth-order valence-electron chi connectivity index (χ4n) is 1.19. The lowest BCUT2D eigenvalue weighted by molar-refractivity contribution is -0.122. The van der Waals surface area contributed by atoms with Gasteiger partial charge in [-0.15, -0.1) is 0 Å². The van der Waals surface area contributed by atoms with Crippen molar-refractivity contribution in [3.63, 3.8) is 0 Å². The molecule has 1 aromatic carbocycles. The molecule has 6 heteroatoms. The van der Waals surface area contributed by atoms with Gasteiger partial charge in [0.15, 0.2) is 5.11 Å². The first-order chi connectivity index (χ1) is 8.43. The molecule has 2 N–H and O–H groups in total. The number of carbonyl (C=O) groups excluding carboxylic acids is 1. The Balaban J connectivity index is 2.75. The molecular weight excluding hydrogens is 272 g/mol. The Bertz CT molecular complexity index is 463. The first-order valence-corrected chi connectivity index (χ1v) is 6.18. The Hall–Kier alpha value is -1.33. The van der Waals surface area contributed by atoms with Crippen molar-refractivity contribution in [2.75, 3.05) is 12.4 Å². The third-order valence-corrected chi connectivity index (χ3v) is 2.61. The average molecular weight is 287 g/mol. The van der Waals surface area contributed by atoms with Gasteiger partial charge in [-0.3, -0.25) is 4.79 Å². The van der Waals surface area contributed by atoms with Gasteiger partial charge in [-0.05, 0) is 30.4 Å². The maximum atomic E-state index is 11.5. The molecule has 0 saturated heterocycles. The number of methoxy groups -OCH3 is 1. The Morgan fingerprint density at radius 1 is 1.44 bits per heavy atom. The molecule has 0 aliphatic rings. The van der Waals surface area contributed by atoms with Crippen LogP contribution in [0.3, 0.4) is 0 Å². The zero-order valence-electron chi connectivity index (χ0n) is 10.4. The van der Waals surface area contributed by atoms with Crippen molar-refractivity contribution in [3.8, 4) is 5.75 Å². The Kier molecular flexibility index (Phi) is 5.37. The standard InChI is InChI=1S/C12H15ClN2O2S/c1-7(2)11(16)15-12(18)14-9-6-8(13)4-5-10(9)17-3/h4-7H,1-3H3,(H2,14,15,16,18). The summed E-state index contributed by atoms with van der Waals surface area (Å²) in [7, 11) is 1.55. The summed E-state index contributed by atoms with van der Waals surface area (Å²) in [5.74, 6) is 0.319. The van der Waals surface area contributed by atoms with E-state index >= 15 is 0 Å². The predicted octanol–water partition coefficient (Wildman–Crippen LogP) is 2.82. The summed E-state index contributed by atoms with van der Waals surface area (Å²) in [5.41, 5.74) is 0.610. The second-order valence-corrected chi connectivity index (χ2v) is 4.79. The minimum atomic E-state index is -0.145. The van der Waals surface area contributed by atoms with E-state index in [9.17, 15) is 4.79 Å². The average Bonchev–Trinajstić information content (AvgIpc) is 2.28. The van der Waals surface area contributed by atoms with Gasteiger partial charge in [0.2, 0.25) is 5.91 Å². The lowest BCUT2D eigenvalue weighted by Gasteiger charge is -2.13. The summed E-state index contributed by atoms with van der Waals surface area (Å²) >= 11 is 10.9. The van der Waals surface area contributed by atoms with Crippen LogP contribution in [0.25, 0.3) is 0 Å². The molecule has 0 aromatic heterocycles. The van der Waals surface area contributed by atoms with E-state index in [1.54, 1.807) is 39.2 Å². The maximum Gasteiger partial charge on any atom is 0.228 e. The smallest absolute Gasteiger partial charge is 0.228 e. The normalized spacial score (nSPS) is 10.1. The third kappa shape index (κ3) is 4.16. The van der Waals surface area contributed by atoms with Crippen molar-refractivity contribution in [3.05, 3.63) is 23.2 Å². The van der Waals surface area contributed by atoms with Gasteiger partial charge < -0.3 is 15.4 Å². The molecular formula is C12H15ClN2O2S. The van der Waals surface area contributed by atoms with Crippen LogP contribution < -0.4 is 15.4 Å². The maximum absolute atomic E-state index is 11.5. The van der Waals surface area contributed by atoms with Gasteiger partial charge in [0.1, 0.15) is 5.75 Å². The molecule has 0 atom stereocenters. The van der Waals surface area contributed by atoms with E-state index in [1.807, 2.05) is 0 Å². The largest absolute Gasteiger partial charge is 0.495 e. The minimum Gasteiger partial charge on any atom is -0.495 e. The van der Waals surface area contributed by atoms with Crippen molar-refractivity contribution in [1.82, 2.24) is 5.32 Å². The molecule has 0 radical (unpaired) electrons. The zero-order valence-corrected chi connectivity index (χ0v) is 12.0. The fraction of sp³-hybridized carbons (Fsp3) is 0.333. The predicted molar refractivity (Wildman–Crippen MR) is 77.2 cm³/mol. The highest BCUT2D eigenvalue weighted by Gasteiger charge is 2.10. The molecule has 1 amide bonds. The summed E-state index contributed by atoms with van der Waals surface area (Å²) in [6.07, 6.45) is 0. The summed E-state index contributed by atoms with van der Waals surface area (Å²) in [6, 6.07) is 5.10. The van der Waals surface area contributed by atoms with Gasteiger partial charge in [-0.2, -0.15) is 0 Å². The topological polar surface area (TPSA) is 50.4 Å². The van der Waals surface area contributed by atoms with Crippen LogP contribution in [0.4, 0.5) is 5.69 Å². The molecule has 18 heavy (non-hydrogen) atoms. The van der Waals surface area contributed by atoms with Crippen molar-refractivity contribution in [1.29, 1.82) is 0 Å². The number of halogens is 1. The van der Waals surface area contributed by atoms with E-state index in [4.69, 9.17) is 28.6 Å². The Morgan fingerprint density at radius 3 is 2.67 bits per heavy atom. The van der Waals surface area contributed by atoms with Crippen molar-refractivity contribution < 1.29 is 9.53 Å². The van der Waals surface area contributed by atoms with Crippen LogP contribution in [-0.2, 0) is 4.79 Å². The Labute approximate surface area is 117 Å². The molecule has 1 aromatic rings. The van der Waals surface area contributed by atoms with Crippen LogP contribution in [0.1, 0.15) is 13.8 Å². The fourth-order valence-corrected chi connectivity index (χ4v) is 1.57. The van der Waals surface area contributed by atoms with Crippen LogP contribution >= 0.6 is 23.8 Å². The molecule has 0 aliphatic heterocycles. The monoisotopic (exact) mass is 286 g/mol. The molecule has 0 spiro atoms. The summed E-state index contributed by atoms with van der Waals surface area (Å²) < 4.78 is 5.16. The first-order valence-electron chi connectivity index (χ1n) is 5.39. The number of carbonyl (C=O) groups is 1. The van der Waals surface area contributed by atoms with E-state index < -0.39 is 0 Å². The van der Waals surface area contributed by atoms with Crippen LogP contribution in [-0.4, -0.2) is 18.1 Å². The molecule has 0 fully saturated rings. The molecule has 0 bridgehead atoms. The second-order valence-electron chi connectivity index (χ2n) is 3.94. The number of nitrogens with one attached hydrogen (secondary N) is 2. The summed E-state index contributed by atoms with van der Waals surface area (Å²) in [6.45, 7) is 3.58.